The van der Waals surface area contributed by atoms with Crippen LogP contribution in [0.5, 0.6) is 0 Å². The molecule has 2 heterocycles. The zero-order valence-corrected chi connectivity index (χ0v) is 13.6. The largest absolute Gasteiger partial charge is 0.465 e. The average molecular weight is 357 g/mol. The summed E-state index contributed by atoms with van der Waals surface area (Å²) in [6, 6.07) is 1.72. The van der Waals surface area contributed by atoms with Gasteiger partial charge in [-0.2, -0.15) is 0 Å². The predicted molar refractivity (Wildman–Crippen MR) is 81.5 cm³/mol. The minimum Gasteiger partial charge on any atom is -0.465 e. The second-order valence-corrected chi connectivity index (χ2v) is 6.02. The second-order valence-electron chi connectivity index (χ2n) is 4.22. The monoisotopic (exact) mass is 356 g/mol. The first-order valence-corrected chi connectivity index (χ1v) is 7.41. The Morgan fingerprint density at radius 2 is 2.15 bits per heavy atom. The number of carbonyl (C=O) groups excluding carboxylic acids is 2. The van der Waals surface area contributed by atoms with E-state index in [9.17, 15) is 9.59 Å². The first kappa shape index (κ1) is 14.8. The molecule has 1 N–H and O–H groups in total. The third-order valence-electron chi connectivity index (χ3n) is 2.79. The lowest BCUT2D eigenvalue weighted by Crippen LogP contribution is -2.17. The average Bonchev–Trinajstić information content (AvgIpc) is 2.92. The molecule has 0 aliphatic heterocycles. The van der Waals surface area contributed by atoms with Gasteiger partial charge in [-0.15, -0.1) is 11.3 Å². The minimum atomic E-state index is -0.452. The van der Waals surface area contributed by atoms with E-state index in [0.717, 1.165) is 10.0 Å². The van der Waals surface area contributed by atoms with Gasteiger partial charge in [0.15, 0.2) is 0 Å². The summed E-state index contributed by atoms with van der Waals surface area (Å²) in [7, 11) is 3.10. The Bertz CT molecular complexity index is 675. The normalized spacial score (nSPS) is 10.4. The van der Waals surface area contributed by atoms with Gasteiger partial charge < -0.3 is 14.6 Å². The van der Waals surface area contributed by atoms with E-state index < -0.39 is 5.97 Å². The summed E-state index contributed by atoms with van der Waals surface area (Å²) in [5.74, 6) is -0.726. The van der Waals surface area contributed by atoms with Gasteiger partial charge in [-0.1, -0.05) is 0 Å². The van der Waals surface area contributed by atoms with E-state index in [-0.39, 0.29) is 5.91 Å². The number of ether oxygens (including phenoxy) is 1. The number of aromatic nitrogens is 1. The zero-order chi connectivity index (χ0) is 14.9. The van der Waals surface area contributed by atoms with Crippen molar-refractivity contribution in [3.8, 4) is 0 Å². The van der Waals surface area contributed by atoms with Crippen molar-refractivity contribution in [1.29, 1.82) is 0 Å². The lowest BCUT2D eigenvalue weighted by molar-refractivity contribution is 0.0607. The van der Waals surface area contributed by atoms with Crippen LogP contribution in [0, 0.1) is 6.92 Å². The molecule has 0 aliphatic rings. The number of carbonyl (C=O) groups is 2. The summed E-state index contributed by atoms with van der Waals surface area (Å²) in [6.45, 7) is 1.83. The van der Waals surface area contributed by atoms with E-state index in [1.165, 1.54) is 18.4 Å². The van der Waals surface area contributed by atoms with Gasteiger partial charge in [-0.05, 0) is 39.9 Å². The van der Waals surface area contributed by atoms with Crippen molar-refractivity contribution in [2.75, 3.05) is 12.4 Å². The number of amides is 1. The molecule has 0 spiro atoms. The molecule has 0 atom stereocenters. The van der Waals surface area contributed by atoms with Crippen LogP contribution in [-0.2, 0) is 11.8 Å². The van der Waals surface area contributed by atoms with E-state index in [1.54, 1.807) is 23.9 Å². The number of methoxy groups -OCH3 is 1. The highest BCUT2D eigenvalue weighted by Gasteiger charge is 2.20. The van der Waals surface area contributed by atoms with Crippen molar-refractivity contribution in [3.05, 3.63) is 38.3 Å². The van der Waals surface area contributed by atoms with Crippen molar-refractivity contribution in [2.45, 2.75) is 6.92 Å². The van der Waals surface area contributed by atoms with Crippen LogP contribution >= 0.6 is 27.3 Å². The summed E-state index contributed by atoms with van der Waals surface area (Å²) in [4.78, 5) is 24.3. The van der Waals surface area contributed by atoms with Gasteiger partial charge in [0.05, 0.1) is 12.8 Å². The number of esters is 1. The maximum Gasteiger partial charge on any atom is 0.350 e. The summed E-state index contributed by atoms with van der Waals surface area (Å²) < 4.78 is 7.24. The summed E-state index contributed by atoms with van der Waals surface area (Å²) in [5.41, 5.74) is 1.83. The molecule has 0 radical (unpaired) electrons. The van der Waals surface area contributed by atoms with Gasteiger partial charge >= 0.3 is 5.97 Å². The number of nitrogens with zero attached hydrogens (tertiary/aromatic N) is 1. The molecular weight excluding hydrogens is 344 g/mol. The molecule has 1 amide bonds. The lowest BCUT2D eigenvalue weighted by atomic mass is 10.2. The van der Waals surface area contributed by atoms with Crippen LogP contribution in [0.4, 0.5) is 5.69 Å². The fourth-order valence-corrected chi connectivity index (χ4v) is 3.22. The van der Waals surface area contributed by atoms with E-state index in [1.807, 2.05) is 12.3 Å². The Balaban J connectivity index is 2.30. The maximum absolute atomic E-state index is 12.3. The highest BCUT2D eigenvalue weighted by atomic mass is 79.9. The quantitative estimate of drug-likeness (QED) is 0.859. The van der Waals surface area contributed by atoms with Crippen LogP contribution in [0.3, 0.4) is 0 Å². The highest BCUT2D eigenvalue weighted by molar-refractivity contribution is 9.10. The molecule has 2 rings (SSSR count). The van der Waals surface area contributed by atoms with E-state index in [2.05, 4.69) is 21.2 Å². The number of aryl methyl sites for hydroxylation is 2. The highest BCUT2D eigenvalue weighted by Crippen LogP contribution is 2.29. The second kappa shape index (κ2) is 5.80. The van der Waals surface area contributed by atoms with E-state index >= 15 is 0 Å². The van der Waals surface area contributed by atoms with Crippen LogP contribution in [-0.4, -0.2) is 23.6 Å². The van der Waals surface area contributed by atoms with Crippen LogP contribution in [0.1, 0.15) is 25.7 Å². The van der Waals surface area contributed by atoms with Gasteiger partial charge in [-0.3, -0.25) is 4.79 Å². The third kappa shape index (κ3) is 2.78. The Hall–Kier alpha value is -1.60. The molecule has 20 heavy (non-hydrogen) atoms. The van der Waals surface area contributed by atoms with Crippen LogP contribution in [0.2, 0.25) is 0 Å². The standard InChI is InChI=1S/C13H13BrN2O3S/c1-7-6-20-11(13(18)19-3)10(7)15-12(17)9-4-8(14)5-16(9)2/h4-6H,1-3H3,(H,15,17). The molecule has 2 aromatic rings. The van der Waals surface area contributed by atoms with E-state index in [0.29, 0.717) is 16.3 Å². The number of halogens is 1. The number of hydrogen-bond acceptors (Lipinski definition) is 4. The number of rotatable bonds is 3. The molecule has 106 valence electrons. The van der Waals surface area contributed by atoms with Gasteiger partial charge in [-0.25, -0.2) is 4.79 Å². The maximum atomic E-state index is 12.3. The fraction of sp³-hybridized carbons (Fsp3) is 0.231. The first-order valence-electron chi connectivity index (χ1n) is 5.73. The first-order chi connectivity index (χ1) is 9.43. The topological polar surface area (TPSA) is 60.3 Å². The molecular formula is C13H13BrN2O3S. The van der Waals surface area contributed by atoms with Crippen molar-refractivity contribution >= 4 is 44.8 Å². The van der Waals surface area contributed by atoms with Gasteiger partial charge in [0.2, 0.25) is 0 Å². The molecule has 2 aromatic heterocycles. The van der Waals surface area contributed by atoms with Crippen LogP contribution < -0.4 is 5.32 Å². The lowest BCUT2D eigenvalue weighted by Gasteiger charge is -2.07. The van der Waals surface area contributed by atoms with Crippen LogP contribution in [0.25, 0.3) is 0 Å². The van der Waals surface area contributed by atoms with Gasteiger partial charge in [0.1, 0.15) is 10.6 Å². The molecule has 7 heteroatoms. The van der Waals surface area contributed by atoms with Crippen molar-refractivity contribution < 1.29 is 14.3 Å². The van der Waals surface area contributed by atoms with Crippen molar-refractivity contribution in [1.82, 2.24) is 4.57 Å². The smallest absolute Gasteiger partial charge is 0.350 e. The number of hydrogen-bond donors (Lipinski definition) is 1. The Labute approximate surface area is 128 Å². The molecule has 5 nitrogen and oxygen atoms in total. The zero-order valence-electron chi connectivity index (χ0n) is 11.2. The number of nitrogens with one attached hydrogen (secondary N) is 1. The molecule has 0 unspecified atom stereocenters. The Kier molecular flexibility index (Phi) is 4.29. The molecule has 0 saturated heterocycles. The molecule has 0 fully saturated rings. The molecule has 0 aromatic carbocycles. The third-order valence-corrected chi connectivity index (χ3v) is 4.30. The Morgan fingerprint density at radius 3 is 2.70 bits per heavy atom. The van der Waals surface area contributed by atoms with Crippen LogP contribution in [0.15, 0.2) is 22.1 Å². The molecule has 0 saturated carbocycles. The Morgan fingerprint density at radius 1 is 1.45 bits per heavy atom. The van der Waals surface area contributed by atoms with Crippen molar-refractivity contribution in [3.63, 3.8) is 0 Å². The van der Waals surface area contributed by atoms with Gasteiger partial charge in [0, 0.05) is 17.7 Å². The number of thiophene rings is 1. The SMILES string of the molecule is COC(=O)c1scc(C)c1NC(=O)c1cc(Br)cn1C. The predicted octanol–water partition coefficient (Wildman–Crippen LogP) is 3.20. The fourth-order valence-electron chi connectivity index (χ4n) is 1.77. The summed E-state index contributed by atoms with van der Waals surface area (Å²) in [6.07, 6.45) is 1.79. The summed E-state index contributed by atoms with van der Waals surface area (Å²) in [5, 5.41) is 4.58. The number of anilines is 1. The minimum absolute atomic E-state index is 0.273. The molecule has 0 bridgehead atoms. The molecule has 0 aliphatic carbocycles. The van der Waals surface area contributed by atoms with Gasteiger partial charge in [0.25, 0.3) is 5.91 Å². The summed E-state index contributed by atoms with van der Waals surface area (Å²) >= 11 is 4.57. The van der Waals surface area contributed by atoms with Crippen molar-refractivity contribution in [2.24, 2.45) is 7.05 Å². The van der Waals surface area contributed by atoms with E-state index in [4.69, 9.17) is 4.74 Å².